The first-order valence-electron chi connectivity index (χ1n) is 13.3. The molecule has 4 rings (SSSR count). The zero-order chi connectivity index (χ0) is 24.1. The van der Waals surface area contributed by atoms with E-state index in [1.165, 1.54) is 70.3 Å². The molecule has 0 radical (unpaired) electrons. The molecule has 1 N–H and O–H groups in total. The molecule has 0 aromatic heterocycles. The number of thioether (sulfide) groups is 1. The van der Waals surface area contributed by atoms with E-state index < -0.39 is 0 Å². The molecule has 0 bridgehead atoms. The normalized spacial score (nSPS) is 19.5. The summed E-state index contributed by atoms with van der Waals surface area (Å²) in [6.07, 6.45) is 14.9. The molecule has 0 amide bonds. The van der Waals surface area contributed by atoms with E-state index in [0.29, 0.717) is 5.37 Å². The highest BCUT2D eigenvalue weighted by Crippen LogP contribution is 2.38. The second-order valence-corrected chi connectivity index (χ2v) is 9.41. The van der Waals surface area contributed by atoms with Crippen molar-refractivity contribution in [1.82, 2.24) is 0 Å². The first kappa shape index (κ1) is 32.5. The van der Waals surface area contributed by atoms with Gasteiger partial charge in [0.05, 0.1) is 5.37 Å². The van der Waals surface area contributed by atoms with Crippen LogP contribution in [0.2, 0.25) is 0 Å². The van der Waals surface area contributed by atoms with E-state index in [9.17, 15) is 4.39 Å². The van der Waals surface area contributed by atoms with Gasteiger partial charge < -0.3 is 5.32 Å². The van der Waals surface area contributed by atoms with Crippen molar-refractivity contribution in [2.45, 2.75) is 137 Å². The molecule has 1 unspecified atom stereocenters. The Morgan fingerprint density at radius 2 is 1.13 bits per heavy atom. The Kier molecular flexibility index (Phi) is 23.6. The number of benzene rings is 1. The molecular weight excluding hydrogens is 401 g/mol. The van der Waals surface area contributed by atoms with Crippen LogP contribution in [0.3, 0.4) is 0 Å². The fraction of sp³-hybridized carbons (Fsp3) is 0.786. The first-order valence-corrected chi connectivity index (χ1v) is 14.2. The maximum atomic E-state index is 12.6. The molecular formula is C28H54FNS. The Morgan fingerprint density at radius 1 is 0.710 bits per heavy atom. The van der Waals surface area contributed by atoms with Crippen LogP contribution in [0.1, 0.15) is 127 Å². The van der Waals surface area contributed by atoms with Gasteiger partial charge in [0.15, 0.2) is 0 Å². The summed E-state index contributed by atoms with van der Waals surface area (Å²) in [7, 11) is 0. The Balaban J connectivity index is 0. The van der Waals surface area contributed by atoms with Gasteiger partial charge in [-0.05, 0) is 37.0 Å². The topological polar surface area (TPSA) is 12.0 Å². The molecule has 184 valence electrons. The predicted octanol–water partition coefficient (Wildman–Crippen LogP) is 10.9. The van der Waals surface area contributed by atoms with E-state index in [4.69, 9.17) is 0 Å². The molecule has 3 heteroatoms. The fourth-order valence-electron chi connectivity index (χ4n) is 3.77. The summed E-state index contributed by atoms with van der Waals surface area (Å²) in [5, 5.41) is 3.59. The van der Waals surface area contributed by atoms with Crippen LogP contribution in [0.15, 0.2) is 23.1 Å². The molecule has 2 saturated carbocycles. The molecule has 31 heavy (non-hydrogen) atoms. The van der Waals surface area contributed by atoms with Crippen molar-refractivity contribution in [3.8, 4) is 0 Å². The van der Waals surface area contributed by atoms with Crippen LogP contribution in [-0.2, 0) is 0 Å². The van der Waals surface area contributed by atoms with Crippen molar-refractivity contribution in [3.63, 3.8) is 0 Å². The van der Waals surface area contributed by atoms with Crippen LogP contribution in [0, 0.1) is 17.7 Å². The molecule has 1 nitrogen and oxygen atoms in total. The second kappa shape index (κ2) is 22.5. The highest BCUT2D eigenvalue weighted by Gasteiger charge is 2.16. The monoisotopic (exact) mass is 455 g/mol. The van der Waals surface area contributed by atoms with Gasteiger partial charge in [-0.25, -0.2) is 4.39 Å². The smallest absolute Gasteiger partial charge is 0.124 e. The number of fused-ring (bicyclic) bond motifs is 1. The average molecular weight is 456 g/mol. The van der Waals surface area contributed by atoms with Gasteiger partial charge in [-0.15, -0.1) is 0 Å². The molecule has 2 aliphatic carbocycles. The molecule has 0 saturated heterocycles. The third-order valence-electron chi connectivity index (χ3n) is 5.39. The first-order chi connectivity index (χ1) is 15.0. The van der Waals surface area contributed by atoms with Crippen molar-refractivity contribution in [1.29, 1.82) is 0 Å². The number of anilines is 1. The second-order valence-electron chi connectivity index (χ2n) is 8.03. The standard InChI is InChI=1S/C8H8FNS.2C7H14.3C2H6/c1-5-10-7-3-2-6(9)4-8(7)11-5;2*1-7-5-3-2-4-6-7;3*1-2/h2-5,10H,1H3;2*7H,2-6H2,1H3;3*1-2H3. The summed E-state index contributed by atoms with van der Waals surface area (Å²) in [5.74, 6) is 1.91. The van der Waals surface area contributed by atoms with E-state index in [-0.39, 0.29) is 5.82 Å². The number of halogens is 1. The SMILES string of the molecule is CC.CC.CC.CC1CCCCC1.CC1CCCCC1.CC1Nc2ccc(F)cc2S1. The summed E-state index contributed by atoms with van der Waals surface area (Å²) < 4.78 is 12.6. The molecule has 1 aromatic carbocycles. The summed E-state index contributed by atoms with van der Waals surface area (Å²) in [5.41, 5.74) is 1.05. The molecule has 1 aliphatic heterocycles. The van der Waals surface area contributed by atoms with Gasteiger partial charge in [0.1, 0.15) is 5.82 Å². The maximum Gasteiger partial charge on any atom is 0.124 e. The molecule has 1 atom stereocenters. The lowest BCUT2D eigenvalue weighted by molar-refractivity contribution is 0.385. The summed E-state index contributed by atoms with van der Waals surface area (Å²) in [6.45, 7) is 18.8. The minimum absolute atomic E-state index is 0.160. The number of hydrogen-bond donors (Lipinski definition) is 1. The lowest BCUT2D eigenvalue weighted by Gasteiger charge is -2.15. The van der Waals surface area contributed by atoms with Crippen molar-refractivity contribution in [3.05, 3.63) is 24.0 Å². The molecule has 1 aromatic rings. The van der Waals surface area contributed by atoms with E-state index in [0.717, 1.165) is 22.4 Å². The molecule has 3 aliphatic rings. The molecule has 2 fully saturated rings. The van der Waals surface area contributed by atoms with Gasteiger partial charge in [-0.2, -0.15) is 0 Å². The van der Waals surface area contributed by atoms with Crippen molar-refractivity contribution < 1.29 is 4.39 Å². The summed E-state index contributed by atoms with van der Waals surface area (Å²) in [6, 6.07) is 4.82. The number of nitrogens with one attached hydrogen (secondary N) is 1. The molecule has 0 spiro atoms. The van der Waals surface area contributed by atoms with Gasteiger partial charge in [0.2, 0.25) is 0 Å². The maximum absolute atomic E-state index is 12.6. The lowest BCUT2D eigenvalue weighted by atomic mass is 9.91. The van der Waals surface area contributed by atoms with Crippen molar-refractivity contribution in [2.24, 2.45) is 11.8 Å². The van der Waals surface area contributed by atoms with E-state index in [1.807, 2.05) is 41.5 Å². The minimum atomic E-state index is -0.160. The van der Waals surface area contributed by atoms with E-state index in [2.05, 4.69) is 26.1 Å². The van der Waals surface area contributed by atoms with Crippen LogP contribution >= 0.6 is 11.8 Å². The predicted molar refractivity (Wildman–Crippen MR) is 144 cm³/mol. The number of hydrogen-bond acceptors (Lipinski definition) is 2. The van der Waals surface area contributed by atoms with E-state index >= 15 is 0 Å². The van der Waals surface area contributed by atoms with Crippen LogP contribution in [0.5, 0.6) is 0 Å². The highest BCUT2D eigenvalue weighted by molar-refractivity contribution is 8.00. The summed E-state index contributed by atoms with van der Waals surface area (Å²) in [4.78, 5) is 1.01. The van der Waals surface area contributed by atoms with Crippen LogP contribution in [-0.4, -0.2) is 5.37 Å². The highest BCUT2D eigenvalue weighted by atomic mass is 32.2. The van der Waals surface area contributed by atoms with Gasteiger partial charge in [0, 0.05) is 10.6 Å². The Bertz CT molecular complexity index is 478. The number of rotatable bonds is 0. The van der Waals surface area contributed by atoms with Crippen LogP contribution in [0.4, 0.5) is 10.1 Å². The van der Waals surface area contributed by atoms with Crippen molar-refractivity contribution >= 4 is 17.4 Å². The average Bonchev–Trinajstić information content (AvgIpc) is 3.19. The Morgan fingerprint density at radius 3 is 1.48 bits per heavy atom. The zero-order valence-electron chi connectivity index (χ0n) is 22.3. The summed E-state index contributed by atoms with van der Waals surface area (Å²) >= 11 is 1.65. The molecule has 1 heterocycles. The largest absolute Gasteiger partial charge is 0.372 e. The zero-order valence-corrected chi connectivity index (χ0v) is 23.1. The van der Waals surface area contributed by atoms with Gasteiger partial charge in [-0.3, -0.25) is 0 Å². The lowest BCUT2D eigenvalue weighted by Crippen LogP contribution is -2.02. The Labute approximate surface area is 199 Å². The van der Waals surface area contributed by atoms with Gasteiger partial charge >= 0.3 is 0 Å². The third kappa shape index (κ3) is 16.6. The van der Waals surface area contributed by atoms with Crippen LogP contribution in [0.25, 0.3) is 0 Å². The van der Waals surface area contributed by atoms with Crippen molar-refractivity contribution in [2.75, 3.05) is 5.32 Å². The van der Waals surface area contributed by atoms with E-state index in [1.54, 1.807) is 23.9 Å². The van der Waals surface area contributed by atoms with Gasteiger partial charge in [0.25, 0.3) is 0 Å². The van der Waals surface area contributed by atoms with Gasteiger partial charge in [-0.1, -0.05) is 131 Å². The minimum Gasteiger partial charge on any atom is -0.372 e. The quantitative estimate of drug-likeness (QED) is 0.417. The third-order valence-corrected chi connectivity index (χ3v) is 6.46. The Hall–Kier alpha value is -0.700. The van der Waals surface area contributed by atoms with Crippen LogP contribution < -0.4 is 5.32 Å². The fourth-order valence-corrected chi connectivity index (χ4v) is 4.77.